The van der Waals surface area contributed by atoms with Crippen molar-refractivity contribution in [3.63, 3.8) is 0 Å². The number of nitriles is 1. The Kier molecular flexibility index (Phi) is 2.72. The first-order valence-electron chi connectivity index (χ1n) is 7.21. The molecular weight excluding hydrogens is 266 g/mol. The molecule has 2 aromatic rings. The molecule has 5 nitrogen and oxygen atoms in total. The smallest absolute Gasteiger partial charge is 0.251 e. The van der Waals surface area contributed by atoms with Crippen molar-refractivity contribution in [2.24, 2.45) is 5.92 Å². The van der Waals surface area contributed by atoms with Crippen molar-refractivity contribution in [3.8, 4) is 6.07 Å². The largest absolute Gasteiger partial charge is 0.446 e. The van der Waals surface area contributed by atoms with E-state index in [0.29, 0.717) is 23.1 Å². The van der Waals surface area contributed by atoms with Crippen LogP contribution >= 0.6 is 0 Å². The van der Waals surface area contributed by atoms with Crippen LogP contribution in [0.25, 0.3) is 11.0 Å². The predicted octanol–water partition coefficient (Wildman–Crippen LogP) is 1.78. The predicted molar refractivity (Wildman–Crippen MR) is 76.7 cm³/mol. The number of nitrogens with zero attached hydrogens (tertiary/aromatic N) is 1. The third kappa shape index (κ3) is 2.08. The lowest BCUT2D eigenvalue weighted by Crippen LogP contribution is -2.47. The fourth-order valence-electron chi connectivity index (χ4n) is 3.49. The zero-order chi connectivity index (χ0) is 14.4. The highest BCUT2D eigenvalue weighted by Crippen LogP contribution is 2.31. The van der Waals surface area contributed by atoms with E-state index in [-0.39, 0.29) is 17.7 Å². The average Bonchev–Trinajstić information content (AvgIpc) is 3.20. The number of furan rings is 1. The van der Waals surface area contributed by atoms with Crippen LogP contribution in [-0.2, 0) is 0 Å². The number of benzene rings is 1. The van der Waals surface area contributed by atoms with Crippen LogP contribution in [0.3, 0.4) is 0 Å². The molecule has 1 amide bonds. The highest BCUT2D eigenvalue weighted by molar-refractivity contribution is 5.97. The minimum absolute atomic E-state index is 0.0776. The summed E-state index contributed by atoms with van der Waals surface area (Å²) in [5.74, 6) is 0.886. The summed E-state index contributed by atoms with van der Waals surface area (Å²) in [4.78, 5) is 12.4. The third-order valence-corrected chi connectivity index (χ3v) is 4.54. The van der Waals surface area contributed by atoms with Gasteiger partial charge in [0.25, 0.3) is 5.91 Å². The van der Waals surface area contributed by atoms with E-state index in [1.807, 2.05) is 12.1 Å². The monoisotopic (exact) mass is 281 g/mol. The molecule has 2 heterocycles. The van der Waals surface area contributed by atoms with Crippen LogP contribution in [-0.4, -0.2) is 24.5 Å². The molecular formula is C16H15N3O2. The van der Waals surface area contributed by atoms with Crippen LogP contribution in [0.2, 0.25) is 0 Å². The fourth-order valence-corrected chi connectivity index (χ4v) is 3.49. The summed E-state index contributed by atoms with van der Waals surface area (Å²) in [7, 11) is 0. The molecule has 1 aliphatic heterocycles. The van der Waals surface area contributed by atoms with Gasteiger partial charge in [-0.2, -0.15) is 5.26 Å². The summed E-state index contributed by atoms with van der Waals surface area (Å²) in [5, 5.41) is 16.2. The molecule has 1 aromatic heterocycles. The van der Waals surface area contributed by atoms with Gasteiger partial charge in [-0.25, -0.2) is 0 Å². The van der Waals surface area contributed by atoms with E-state index < -0.39 is 0 Å². The number of carbonyl (C=O) groups is 1. The molecule has 21 heavy (non-hydrogen) atoms. The summed E-state index contributed by atoms with van der Waals surface area (Å²) in [6, 6.07) is 9.56. The van der Waals surface area contributed by atoms with Crippen molar-refractivity contribution in [2.45, 2.75) is 24.9 Å². The first kappa shape index (κ1) is 12.4. The number of hydrogen-bond donors (Lipinski definition) is 2. The molecule has 2 bridgehead atoms. The van der Waals surface area contributed by atoms with Crippen LogP contribution in [0.5, 0.6) is 0 Å². The van der Waals surface area contributed by atoms with Gasteiger partial charge in [-0.05, 0) is 37.4 Å². The minimum Gasteiger partial charge on any atom is -0.446 e. The Morgan fingerprint density at radius 3 is 3.00 bits per heavy atom. The number of fused-ring (bicyclic) bond motifs is 3. The molecule has 3 unspecified atom stereocenters. The Bertz CT molecular complexity index is 758. The Morgan fingerprint density at radius 1 is 1.38 bits per heavy atom. The number of nitrogens with one attached hydrogen (secondary N) is 2. The summed E-state index contributed by atoms with van der Waals surface area (Å²) in [5.41, 5.74) is 1.15. The van der Waals surface area contributed by atoms with Gasteiger partial charge in [-0.15, -0.1) is 0 Å². The SMILES string of the molecule is N#Cc1cc2ccc(C(=O)NC3CC4CNC3C4)cc2o1. The van der Waals surface area contributed by atoms with E-state index in [0.717, 1.165) is 24.8 Å². The second kappa shape index (κ2) is 4.61. The zero-order valence-electron chi connectivity index (χ0n) is 11.4. The van der Waals surface area contributed by atoms with Crippen molar-refractivity contribution < 1.29 is 9.21 Å². The van der Waals surface area contributed by atoms with Crippen LogP contribution in [0.1, 0.15) is 29.0 Å². The van der Waals surface area contributed by atoms with Gasteiger partial charge in [-0.3, -0.25) is 4.79 Å². The summed E-state index contributed by atoms with van der Waals surface area (Å²) in [6.45, 7) is 1.08. The van der Waals surface area contributed by atoms with E-state index in [2.05, 4.69) is 10.6 Å². The van der Waals surface area contributed by atoms with E-state index >= 15 is 0 Å². The summed E-state index contributed by atoms with van der Waals surface area (Å²) < 4.78 is 5.37. The van der Waals surface area contributed by atoms with Gasteiger partial charge < -0.3 is 15.1 Å². The molecule has 3 atom stereocenters. The number of hydrogen-bond acceptors (Lipinski definition) is 4. The highest BCUT2D eigenvalue weighted by Gasteiger charge is 2.40. The topological polar surface area (TPSA) is 78.1 Å². The molecule has 2 N–H and O–H groups in total. The molecule has 0 radical (unpaired) electrons. The van der Waals surface area contributed by atoms with E-state index in [4.69, 9.17) is 9.68 Å². The number of carbonyl (C=O) groups excluding carboxylic acids is 1. The van der Waals surface area contributed by atoms with Crippen molar-refractivity contribution in [1.29, 1.82) is 5.26 Å². The lowest BCUT2D eigenvalue weighted by molar-refractivity contribution is 0.0928. The van der Waals surface area contributed by atoms with E-state index in [9.17, 15) is 4.79 Å². The van der Waals surface area contributed by atoms with E-state index in [1.54, 1.807) is 18.2 Å². The number of amides is 1. The Morgan fingerprint density at radius 2 is 2.29 bits per heavy atom. The Labute approximate surface area is 121 Å². The zero-order valence-corrected chi connectivity index (χ0v) is 11.4. The quantitative estimate of drug-likeness (QED) is 0.879. The molecule has 1 saturated heterocycles. The van der Waals surface area contributed by atoms with Gasteiger partial charge in [0.15, 0.2) is 0 Å². The Balaban J connectivity index is 1.55. The Hall–Kier alpha value is -2.32. The van der Waals surface area contributed by atoms with Gasteiger partial charge in [0.1, 0.15) is 11.7 Å². The first-order valence-corrected chi connectivity index (χ1v) is 7.21. The van der Waals surface area contributed by atoms with Crippen LogP contribution in [0, 0.1) is 17.2 Å². The molecule has 1 saturated carbocycles. The van der Waals surface area contributed by atoms with Gasteiger partial charge in [0.05, 0.1) is 0 Å². The molecule has 2 aliphatic rings. The van der Waals surface area contributed by atoms with Gasteiger partial charge in [-0.1, -0.05) is 6.07 Å². The summed E-state index contributed by atoms with van der Waals surface area (Å²) >= 11 is 0. The second-order valence-electron chi connectivity index (χ2n) is 5.91. The van der Waals surface area contributed by atoms with Crippen LogP contribution in [0.4, 0.5) is 0 Å². The van der Waals surface area contributed by atoms with Crippen molar-refractivity contribution >= 4 is 16.9 Å². The lowest BCUT2D eigenvalue weighted by atomic mass is 10.1. The molecule has 0 spiro atoms. The van der Waals surface area contributed by atoms with E-state index in [1.165, 1.54) is 0 Å². The molecule has 1 aliphatic carbocycles. The third-order valence-electron chi connectivity index (χ3n) is 4.54. The number of piperidine rings is 1. The van der Waals surface area contributed by atoms with Crippen molar-refractivity contribution in [1.82, 2.24) is 10.6 Å². The van der Waals surface area contributed by atoms with Gasteiger partial charge >= 0.3 is 0 Å². The second-order valence-corrected chi connectivity index (χ2v) is 5.91. The van der Waals surface area contributed by atoms with Gasteiger partial charge in [0, 0.05) is 29.1 Å². The standard InChI is InChI=1S/C16H15N3O2/c17-7-12-5-10-1-2-11(6-15(10)21-12)16(20)19-14-4-9-3-13(14)18-8-9/h1-2,5-6,9,13-14,18H,3-4,8H2,(H,19,20). The normalized spacial score (nSPS) is 26.9. The van der Waals surface area contributed by atoms with Crippen LogP contribution in [0.15, 0.2) is 28.7 Å². The highest BCUT2D eigenvalue weighted by atomic mass is 16.3. The fraction of sp³-hybridized carbons (Fsp3) is 0.375. The van der Waals surface area contributed by atoms with Gasteiger partial charge in [0.2, 0.25) is 5.76 Å². The minimum atomic E-state index is -0.0776. The maximum atomic E-state index is 12.4. The molecule has 1 aromatic carbocycles. The van der Waals surface area contributed by atoms with Crippen molar-refractivity contribution in [2.75, 3.05) is 6.54 Å². The summed E-state index contributed by atoms with van der Waals surface area (Å²) in [6.07, 6.45) is 2.22. The molecule has 2 fully saturated rings. The molecule has 4 rings (SSSR count). The molecule has 5 heteroatoms. The maximum Gasteiger partial charge on any atom is 0.251 e. The molecule has 106 valence electrons. The average molecular weight is 281 g/mol. The first-order chi connectivity index (χ1) is 10.2. The lowest BCUT2D eigenvalue weighted by Gasteiger charge is -2.23. The number of rotatable bonds is 2. The maximum absolute atomic E-state index is 12.4. The van der Waals surface area contributed by atoms with Crippen molar-refractivity contribution in [3.05, 3.63) is 35.6 Å². The van der Waals surface area contributed by atoms with Crippen LogP contribution < -0.4 is 10.6 Å².